The van der Waals surface area contributed by atoms with Crippen molar-refractivity contribution in [3.05, 3.63) is 71.8 Å². The van der Waals surface area contributed by atoms with E-state index in [4.69, 9.17) is 0 Å². The minimum absolute atomic E-state index is 0.0464. The highest BCUT2D eigenvalue weighted by Gasteiger charge is 2.66. The van der Waals surface area contributed by atoms with Crippen LogP contribution in [0.5, 0.6) is 0 Å². The Labute approximate surface area is 165 Å². The molecule has 5 rings (SSSR count). The molecule has 3 fully saturated rings. The van der Waals surface area contributed by atoms with Crippen LogP contribution in [0.3, 0.4) is 0 Å². The Hall–Kier alpha value is -2.66. The van der Waals surface area contributed by atoms with Gasteiger partial charge in [-0.05, 0) is 31.0 Å². The number of benzene rings is 2. The van der Waals surface area contributed by atoms with Crippen LogP contribution in [0.15, 0.2) is 60.7 Å². The van der Waals surface area contributed by atoms with E-state index < -0.39 is 5.54 Å². The van der Waals surface area contributed by atoms with Gasteiger partial charge in [0.1, 0.15) is 5.54 Å². The lowest BCUT2D eigenvalue weighted by Crippen LogP contribution is -2.69. The van der Waals surface area contributed by atoms with E-state index >= 15 is 0 Å². The Morgan fingerprint density at radius 3 is 1.79 bits per heavy atom. The van der Waals surface area contributed by atoms with E-state index in [9.17, 15) is 9.59 Å². The van der Waals surface area contributed by atoms with Crippen LogP contribution in [0.1, 0.15) is 42.5 Å². The average Bonchev–Trinajstić information content (AvgIpc) is 2.99. The number of likely N-dealkylation sites (tertiary alicyclic amines) is 1. The molecule has 0 aromatic heterocycles. The number of piperidine rings is 1. The predicted molar refractivity (Wildman–Crippen MR) is 106 cm³/mol. The van der Waals surface area contributed by atoms with Gasteiger partial charge in [0.15, 0.2) is 0 Å². The summed E-state index contributed by atoms with van der Waals surface area (Å²) < 4.78 is 0. The maximum absolute atomic E-state index is 13.2. The normalized spacial score (nSPS) is 34.9. The zero-order valence-corrected chi connectivity index (χ0v) is 16.0. The molecule has 1 saturated carbocycles. The summed E-state index contributed by atoms with van der Waals surface area (Å²) in [7, 11) is 2.17. The lowest BCUT2D eigenvalue weighted by atomic mass is 9.56. The number of hydrogen-bond acceptors (Lipinski definition) is 3. The molecule has 28 heavy (non-hydrogen) atoms. The van der Waals surface area contributed by atoms with Gasteiger partial charge in [-0.15, -0.1) is 0 Å². The van der Waals surface area contributed by atoms with Crippen LogP contribution in [0.25, 0.3) is 0 Å². The summed E-state index contributed by atoms with van der Waals surface area (Å²) in [6.45, 7) is 0. The fraction of sp³-hybridized carbons (Fsp3) is 0.391. The summed E-state index contributed by atoms with van der Waals surface area (Å²) in [4.78, 5) is 27.9. The molecule has 0 radical (unpaired) electrons. The van der Waals surface area contributed by atoms with E-state index in [2.05, 4.69) is 71.1 Å². The molecule has 2 heterocycles. The van der Waals surface area contributed by atoms with Crippen LogP contribution in [0.2, 0.25) is 0 Å². The molecule has 1 aliphatic carbocycles. The molecule has 5 nitrogen and oxygen atoms in total. The fourth-order valence-corrected chi connectivity index (χ4v) is 6.08. The molecule has 2 aromatic rings. The van der Waals surface area contributed by atoms with Crippen molar-refractivity contribution in [1.29, 1.82) is 0 Å². The van der Waals surface area contributed by atoms with Crippen molar-refractivity contribution in [1.82, 2.24) is 15.5 Å². The van der Waals surface area contributed by atoms with Gasteiger partial charge in [-0.1, -0.05) is 67.1 Å². The van der Waals surface area contributed by atoms with Gasteiger partial charge in [-0.3, -0.25) is 15.0 Å². The SMILES string of the molecule is CN1C(c2ccccc2)C2CCCC(C1c1ccccc1)C21NC(=O)NC1=O. The van der Waals surface area contributed by atoms with Gasteiger partial charge in [0.2, 0.25) is 0 Å². The Morgan fingerprint density at radius 1 is 0.857 bits per heavy atom. The van der Waals surface area contributed by atoms with Crippen molar-refractivity contribution in [2.75, 3.05) is 7.05 Å². The van der Waals surface area contributed by atoms with Gasteiger partial charge in [0.05, 0.1) is 0 Å². The minimum Gasteiger partial charge on any atom is -0.323 e. The third-order valence-electron chi connectivity index (χ3n) is 7.05. The second kappa shape index (κ2) is 6.45. The zero-order valence-electron chi connectivity index (χ0n) is 16.0. The highest BCUT2D eigenvalue weighted by atomic mass is 16.2. The number of carbonyl (C=O) groups excluding carboxylic acids is 2. The first kappa shape index (κ1) is 17.4. The lowest BCUT2D eigenvalue weighted by Gasteiger charge is -2.59. The number of rotatable bonds is 2. The first-order valence-electron chi connectivity index (χ1n) is 10.1. The van der Waals surface area contributed by atoms with Crippen LogP contribution in [0.4, 0.5) is 4.79 Å². The fourth-order valence-electron chi connectivity index (χ4n) is 6.08. The van der Waals surface area contributed by atoms with Crippen LogP contribution in [-0.4, -0.2) is 29.4 Å². The molecule has 3 amide bonds. The summed E-state index contributed by atoms with van der Waals surface area (Å²) >= 11 is 0. The molecular formula is C23H25N3O2. The quantitative estimate of drug-likeness (QED) is 0.791. The van der Waals surface area contributed by atoms with Crippen LogP contribution in [-0.2, 0) is 4.79 Å². The topological polar surface area (TPSA) is 61.4 Å². The van der Waals surface area contributed by atoms with E-state index in [1.165, 1.54) is 11.1 Å². The first-order chi connectivity index (χ1) is 13.6. The molecule has 4 unspecified atom stereocenters. The van der Waals surface area contributed by atoms with Crippen LogP contribution < -0.4 is 10.6 Å². The standard InChI is InChI=1S/C23H25N3O2/c1-26-19(15-9-4-2-5-10-15)17-13-8-14-18(20(26)16-11-6-3-7-12-16)23(17)21(27)24-22(28)25-23/h2-7,9-12,17-20H,8,13-14H2,1H3,(H2,24,25,27,28). The van der Waals surface area contributed by atoms with E-state index in [-0.39, 0.29) is 35.9 Å². The van der Waals surface area contributed by atoms with Gasteiger partial charge in [-0.25, -0.2) is 4.79 Å². The maximum atomic E-state index is 13.2. The largest absolute Gasteiger partial charge is 0.323 e. The maximum Gasteiger partial charge on any atom is 0.322 e. The van der Waals surface area contributed by atoms with Crippen LogP contribution in [0, 0.1) is 11.8 Å². The highest BCUT2D eigenvalue weighted by molar-refractivity contribution is 6.07. The Kier molecular flexibility index (Phi) is 4.02. The van der Waals surface area contributed by atoms with Crippen molar-refractivity contribution in [2.24, 2.45) is 11.8 Å². The minimum atomic E-state index is -0.844. The molecular weight excluding hydrogens is 350 g/mol. The number of urea groups is 1. The lowest BCUT2D eigenvalue weighted by molar-refractivity contribution is -0.144. The molecule has 5 heteroatoms. The Balaban J connectivity index is 1.71. The molecule has 2 bridgehead atoms. The second-order valence-corrected chi connectivity index (χ2v) is 8.30. The Morgan fingerprint density at radius 2 is 1.36 bits per heavy atom. The molecule has 144 valence electrons. The summed E-state index contributed by atoms with van der Waals surface area (Å²) in [5, 5.41) is 5.67. The van der Waals surface area contributed by atoms with Gasteiger partial charge in [-0.2, -0.15) is 0 Å². The summed E-state index contributed by atoms with van der Waals surface area (Å²) in [6, 6.07) is 20.6. The van der Waals surface area contributed by atoms with E-state index in [0.717, 1.165) is 19.3 Å². The summed E-state index contributed by atoms with van der Waals surface area (Å²) in [5.74, 6) is -0.0581. The smallest absolute Gasteiger partial charge is 0.322 e. The highest BCUT2D eigenvalue weighted by Crippen LogP contribution is 2.58. The summed E-state index contributed by atoms with van der Waals surface area (Å²) in [5.41, 5.74) is 1.55. The molecule has 2 aliphatic heterocycles. The molecule has 1 spiro atoms. The number of nitrogens with one attached hydrogen (secondary N) is 2. The van der Waals surface area contributed by atoms with E-state index in [0.29, 0.717) is 0 Å². The third kappa shape index (κ3) is 2.35. The monoisotopic (exact) mass is 375 g/mol. The first-order valence-corrected chi connectivity index (χ1v) is 10.1. The van der Waals surface area contributed by atoms with Crippen molar-refractivity contribution in [3.8, 4) is 0 Å². The molecule has 3 aliphatic rings. The number of hydrogen-bond donors (Lipinski definition) is 2. The van der Waals surface area contributed by atoms with Gasteiger partial charge in [0, 0.05) is 23.9 Å². The molecule has 2 N–H and O–H groups in total. The number of amides is 3. The predicted octanol–water partition coefficient (Wildman–Crippen LogP) is 3.41. The second-order valence-electron chi connectivity index (χ2n) is 8.30. The Bertz CT molecular complexity index is 843. The number of imide groups is 1. The van der Waals surface area contributed by atoms with Crippen molar-refractivity contribution < 1.29 is 9.59 Å². The molecule has 2 saturated heterocycles. The van der Waals surface area contributed by atoms with Crippen molar-refractivity contribution in [2.45, 2.75) is 36.9 Å². The van der Waals surface area contributed by atoms with Gasteiger partial charge < -0.3 is 5.32 Å². The van der Waals surface area contributed by atoms with E-state index in [1.54, 1.807) is 0 Å². The van der Waals surface area contributed by atoms with Gasteiger partial charge in [0.25, 0.3) is 5.91 Å². The molecule has 4 atom stereocenters. The summed E-state index contributed by atoms with van der Waals surface area (Å²) in [6.07, 6.45) is 2.92. The van der Waals surface area contributed by atoms with Crippen molar-refractivity contribution in [3.63, 3.8) is 0 Å². The van der Waals surface area contributed by atoms with Gasteiger partial charge >= 0.3 is 6.03 Å². The average molecular weight is 375 g/mol. The van der Waals surface area contributed by atoms with Crippen LogP contribution >= 0.6 is 0 Å². The number of nitrogens with zero attached hydrogens (tertiary/aromatic N) is 1. The third-order valence-corrected chi connectivity index (χ3v) is 7.05. The zero-order chi connectivity index (χ0) is 19.3. The van der Waals surface area contributed by atoms with Crippen molar-refractivity contribution >= 4 is 11.9 Å². The van der Waals surface area contributed by atoms with E-state index in [1.807, 2.05) is 12.1 Å². The molecule has 2 aromatic carbocycles. The number of carbonyl (C=O) groups is 2.